The molecule has 0 aliphatic rings. The zero-order valence-corrected chi connectivity index (χ0v) is 18.7. The van der Waals surface area contributed by atoms with Crippen molar-refractivity contribution in [2.45, 2.75) is 19.8 Å². The third-order valence-electron chi connectivity index (χ3n) is 4.53. The molecular formula is C21H18F4N2O7P+. The van der Waals surface area contributed by atoms with Crippen LogP contribution in [0.5, 0.6) is 11.5 Å². The number of rotatable bonds is 7. The number of benzene rings is 2. The number of nitrogens with one attached hydrogen (secondary N) is 1. The van der Waals surface area contributed by atoms with Crippen LogP contribution >= 0.6 is 8.17 Å². The number of aryl methyl sites for hydroxylation is 1. The Morgan fingerprint density at radius 1 is 1.06 bits per heavy atom. The average molecular weight is 517 g/mol. The Kier molecular flexibility index (Phi) is 7.58. The maximum Gasteiger partial charge on any atom is 0.569 e. The lowest BCUT2D eigenvalue weighted by Gasteiger charge is -2.16. The van der Waals surface area contributed by atoms with Crippen molar-refractivity contribution in [3.63, 3.8) is 0 Å². The van der Waals surface area contributed by atoms with Gasteiger partial charge in [-0.1, -0.05) is 0 Å². The molecule has 9 nitrogen and oxygen atoms in total. The van der Waals surface area contributed by atoms with E-state index in [4.69, 9.17) is 19.4 Å². The Labute approximate surface area is 195 Å². The molecule has 0 spiro atoms. The summed E-state index contributed by atoms with van der Waals surface area (Å²) in [6.45, 7) is 0.777. The molecule has 0 saturated carbocycles. The van der Waals surface area contributed by atoms with Gasteiger partial charge in [0.2, 0.25) is 0 Å². The maximum atomic E-state index is 13.4. The van der Waals surface area contributed by atoms with Crippen LogP contribution in [0.4, 0.5) is 23.2 Å². The molecule has 14 heteroatoms. The van der Waals surface area contributed by atoms with E-state index in [-0.39, 0.29) is 22.6 Å². The van der Waals surface area contributed by atoms with Crippen LogP contribution in [0.1, 0.15) is 21.5 Å². The van der Waals surface area contributed by atoms with Gasteiger partial charge in [-0.05, 0) is 55.0 Å². The number of hydrogen-bond acceptors (Lipinski definition) is 7. The zero-order valence-electron chi connectivity index (χ0n) is 17.8. The summed E-state index contributed by atoms with van der Waals surface area (Å²) in [4.78, 5) is 51.4. The number of pyridine rings is 1. The lowest BCUT2D eigenvalue weighted by molar-refractivity contribution is -0.137. The van der Waals surface area contributed by atoms with Crippen molar-refractivity contribution in [3.8, 4) is 11.5 Å². The molecule has 0 atom stereocenters. The Bertz CT molecular complexity index is 1310. The summed E-state index contributed by atoms with van der Waals surface area (Å²) >= 11 is 0. The number of carbonyl (C=O) groups is 1. The van der Waals surface area contributed by atoms with Crippen LogP contribution < -0.4 is 15.6 Å². The number of nitrogens with zero attached hydrogens (tertiary/aromatic N) is 1. The van der Waals surface area contributed by atoms with Gasteiger partial charge in [-0.25, -0.2) is 4.39 Å². The quantitative estimate of drug-likeness (QED) is 0.276. The first-order chi connectivity index (χ1) is 16.2. The molecule has 0 bridgehead atoms. The molecule has 0 aliphatic heterocycles. The highest BCUT2D eigenvalue weighted by Gasteiger charge is 2.33. The molecule has 1 amide bonds. The second-order valence-electron chi connectivity index (χ2n) is 7.17. The molecular weight excluding hydrogens is 499 g/mol. The van der Waals surface area contributed by atoms with E-state index < -0.39 is 49.7 Å². The third-order valence-corrected chi connectivity index (χ3v) is 5.00. The van der Waals surface area contributed by atoms with Crippen molar-refractivity contribution in [2.24, 2.45) is 0 Å². The molecule has 1 heterocycles. The average Bonchev–Trinajstić information content (AvgIpc) is 2.73. The lowest BCUT2D eigenvalue weighted by atomic mass is 10.1. The first kappa shape index (κ1) is 26.3. The molecule has 3 rings (SSSR count). The normalized spacial score (nSPS) is 11.9. The van der Waals surface area contributed by atoms with E-state index in [1.54, 1.807) is 0 Å². The second kappa shape index (κ2) is 10.1. The van der Waals surface area contributed by atoms with Crippen LogP contribution in [0.3, 0.4) is 0 Å². The van der Waals surface area contributed by atoms with Gasteiger partial charge in [-0.15, -0.1) is 4.52 Å². The van der Waals surface area contributed by atoms with Gasteiger partial charge in [0.15, 0.2) is 6.73 Å². The topological polar surface area (TPSA) is 130 Å². The minimum Gasteiger partial charge on any atom is -0.456 e. The first-order valence-electron chi connectivity index (χ1n) is 9.62. The number of alkyl halides is 3. The van der Waals surface area contributed by atoms with Crippen LogP contribution in [0.15, 0.2) is 59.5 Å². The molecule has 0 unspecified atom stereocenters. The Morgan fingerprint density at radius 2 is 1.77 bits per heavy atom. The Morgan fingerprint density at radius 3 is 2.37 bits per heavy atom. The fourth-order valence-electron chi connectivity index (χ4n) is 2.85. The highest BCUT2D eigenvalue weighted by atomic mass is 31.2. The minimum atomic E-state index is -4.73. The van der Waals surface area contributed by atoms with Crippen molar-refractivity contribution < 1.29 is 46.3 Å². The molecule has 0 aliphatic carbocycles. The van der Waals surface area contributed by atoms with E-state index in [1.807, 2.05) is 0 Å². The predicted octanol–water partition coefficient (Wildman–Crippen LogP) is 3.99. The number of aromatic nitrogens is 1. The summed E-state index contributed by atoms with van der Waals surface area (Å²) in [6, 6.07) is 7.73. The van der Waals surface area contributed by atoms with Crippen molar-refractivity contribution in [2.75, 3.05) is 5.32 Å². The molecule has 0 radical (unpaired) electrons. The number of amides is 1. The van der Waals surface area contributed by atoms with Crippen molar-refractivity contribution in [1.82, 2.24) is 4.57 Å². The SMILES string of the molecule is Cc1cc(F)ccc1Oc1cc(C(F)(F)F)ccc1C(=O)Nc1ccn(CO[P+](O)(O)O)c(=O)c1. The van der Waals surface area contributed by atoms with Crippen LogP contribution in [0.25, 0.3) is 0 Å². The third kappa shape index (κ3) is 7.07. The van der Waals surface area contributed by atoms with Crippen molar-refractivity contribution in [3.05, 3.63) is 87.6 Å². The summed E-state index contributed by atoms with van der Waals surface area (Å²) in [5.41, 5.74) is -1.91. The van der Waals surface area contributed by atoms with Crippen LogP contribution in [0.2, 0.25) is 0 Å². The summed E-state index contributed by atoms with van der Waals surface area (Å²) in [5, 5.41) is 2.35. The molecule has 0 fully saturated rings. The zero-order chi connectivity index (χ0) is 26.0. The molecule has 35 heavy (non-hydrogen) atoms. The summed E-state index contributed by atoms with van der Waals surface area (Å²) in [5.74, 6) is -1.92. The van der Waals surface area contributed by atoms with Gasteiger partial charge in [0, 0.05) is 18.0 Å². The summed E-state index contributed by atoms with van der Waals surface area (Å²) in [6.07, 6.45) is -3.62. The van der Waals surface area contributed by atoms with Gasteiger partial charge in [-0.3, -0.25) is 14.2 Å². The van der Waals surface area contributed by atoms with Gasteiger partial charge >= 0.3 is 14.3 Å². The van der Waals surface area contributed by atoms with Gasteiger partial charge in [0.1, 0.15) is 17.3 Å². The van der Waals surface area contributed by atoms with Crippen molar-refractivity contribution in [1.29, 1.82) is 0 Å². The molecule has 0 saturated heterocycles. The van der Waals surface area contributed by atoms with E-state index in [0.29, 0.717) is 12.1 Å². The summed E-state index contributed by atoms with van der Waals surface area (Å²) in [7, 11) is -4.58. The smallest absolute Gasteiger partial charge is 0.456 e. The Balaban J connectivity index is 1.89. The van der Waals surface area contributed by atoms with E-state index >= 15 is 0 Å². The fourth-order valence-corrected chi connectivity index (χ4v) is 3.13. The number of anilines is 1. The maximum absolute atomic E-state index is 13.4. The molecule has 4 N–H and O–H groups in total. The highest BCUT2D eigenvalue weighted by molar-refractivity contribution is 7.53. The van der Waals surface area contributed by atoms with E-state index in [2.05, 4.69) is 9.84 Å². The van der Waals surface area contributed by atoms with Gasteiger partial charge in [0.25, 0.3) is 11.5 Å². The standard InChI is InChI=1S/C21H17F4N2O7P/c1-12-8-14(22)3-5-17(12)34-18-9-13(21(23,24)25)2-4-16(18)20(29)26-15-6-7-27(19(28)10-15)11-33-35(30,31)32/h2-10,30-32H,11H2,1H3/p+1. The van der Waals surface area contributed by atoms with Gasteiger partial charge < -0.3 is 10.1 Å². The number of ether oxygens (including phenoxy) is 1. The second-order valence-corrected chi connectivity index (χ2v) is 8.45. The van der Waals surface area contributed by atoms with Crippen LogP contribution in [0, 0.1) is 12.7 Å². The monoisotopic (exact) mass is 517 g/mol. The number of halogens is 4. The van der Waals surface area contributed by atoms with Crippen LogP contribution in [-0.2, 0) is 17.4 Å². The van der Waals surface area contributed by atoms with E-state index in [0.717, 1.165) is 35.0 Å². The lowest BCUT2D eigenvalue weighted by Crippen LogP contribution is -2.22. The number of carbonyl (C=O) groups excluding carboxylic acids is 1. The highest BCUT2D eigenvalue weighted by Crippen LogP contribution is 2.45. The largest absolute Gasteiger partial charge is 0.569 e. The minimum absolute atomic E-state index is 0.0259. The van der Waals surface area contributed by atoms with E-state index in [9.17, 15) is 27.2 Å². The fraction of sp³-hybridized carbons (Fsp3) is 0.143. The molecule has 2 aromatic carbocycles. The number of hydrogen-bond donors (Lipinski definition) is 4. The molecule has 186 valence electrons. The predicted molar refractivity (Wildman–Crippen MR) is 116 cm³/mol. The van der Waals surface area contributed by atoms with Crippen molar-refractivity contribution >= 4 is 19.8 Å². The van der Waals surface area contributed by atoms with Gasteiger partial charge in [0.05, 0.1) is 11.1 Å². The molecule has 3 aromatic rings. The Hall–Kier alpha value is -3.35. The first-order valence-corrected chi connectivity index (χ1v) is 11.2. The molecule has 1 aromatic heterocycles. The van der Waals surface area contributed by atoms with E-state index in [1.165, 1.54) is 19.1 Å². The van der Waals surface area contributed by atoms with Crippen LogP contribution in [-0.4, -0.2) is 25.2 Å². The van der Waals surface area contributed by atoms with Gasteiger partial charge in [-0.2, -0.15) is 27.9 Å². The summed E-state index contributed by atoms with van der Waals surface area (Å²) < 4.78 is 63.8.